The highest BCUT2D eigenvalue weighted by Gasteiger charge is 2.35. The van der Waals surface area contributed by atoms with E-state index >= 15 is 0 Å². The molecule has 4 heteroatoms. The van der Waals surface area contributed by atoms with Gasteiger partial charge in [-0.05, 0) is 43.4 Å². The molecular weight excluding hydrogens is 340 g/mol. The Balaban J connectivity index is 2.63. The summed E-state index contributed by atoms with van der Waals surface area (Å²) in [5, 5.41) is 29.6. The van der Waals surface area contributed by atoms with Gasteiger partial charge in [0, 0.05) is 12.3 Å². The smallest absolute Gasteiger partial charge is 0.303 e. The maximum absolute atomic E-state index is 10.6. The largest absolute Gasteiger partial charge is 0.481 e. The van der Waals surface area contributed by atoms with Crippen LogP contribution in [0.2, 0.25) is 0 Å². The summed E-state index contributed by atoms with van der Waals surface area (Å²) in [7, 11) is 0. The molecule has 0 amide bonds. The number of rotatable bonds is 12. The summed E-state index contributed by atoms with van der Waals surface area (Å²) in [6.07, 6.45) is 13.1. The molecule has 0 aromatic rings. The van der Waals surface area contributed by atoms with Crippen LogP contribution in [0.5, 0.6) is 0 Å². The molecule has 4 atom stereocenters. The fourth-order valence-corrected chi connectivity index (χ4v) is 3.69. The van der Waals surface area contributed by atoms with Crippen molar-refractivity contribution in [1.29, 1.82) is 0 Å². The van der Waals surface area contributed by atoms with Gasteiger partial charge in [0.05, 0.1) is 12.2 Å². The number of carboxylic acid groups (broad SMARTS) is 1. The highest BCUT2D eigenvalue weighted by atomic mass is 16.4. The van der Waals surface area contributed by atoms with E-state index in [2.05, 4.69) is 33.4 Å². The van der Waals surface area contributed by atoms with Crippen LogP contribution in [-0.2, 0) is 4.79 Å². The summed E-state index contributed by atoms with van der Waals surface area (Å²) in [5.74, 6) is -0.628. The zero-order valence-corrected chi connectivity index (χ0v) is 17.2. The number of carbonyl (C=O) groups is 1. The normalized spacial score (nSPS) is 24.9. The second kappa shape index (κ2) is 11.5. The van der Waals surface area contributed by atoms with Crippen LogP contribution < -0.4 is 0 Å². The van der Waals surface area contributed by atoms with Crippen LogP contribution in [0.3, 0.4) is 0 Å². The molecule has 0 heterocycles. The molecule has 0 aromatic heterocycles. The second-order valence-electron chi connectivity index (χ2n) is 8.53. The molecule has 0 aliphatic heterocycles. The maximum atomic E-state index is 10.6. The zero-order chi connectivity index (χ0) is 20.4. The molecule has 1 saturated carbocycles. The van der Waals surface area contributed by atoms with Gasteiger partial charge in [0.15, 0.2) is 0 Å². The van der Waals surface area contributed by atoms with Crippen molar-refractivity contribution in [3.05, 3.63) is 36.5 Å². The lowest BCUT2D eigenvalue weighted by atomic mass is 9.80. The van der Waals surface area contributed by atoms with Crippen LogP contribution in [0.1, 0.15) is 72.1 Å². The van der Waals surface area contributed by atoms with Crippen molar-refractivity contribution in [2.45, 2.75) is 84.3 Å². The quantitative estimate of drug-likeness (QED) is 0.334. The van der Waals surface area contributed by atoms with Gasteiger partial charge in [0.25, 0.3) is 0 Å². The lowest BCUT2D eigenvalue weighted by Gasteiger charge is -2.29. The standard InChI is InChI=1S/C23H38O4/c1-5-6-15-23(3,4)21(25)14-13-19-18(17(2)16-20(19)24)11-9-7-8-10-12-22(26)27/h7,9,13-14,18-21,24-25H,2,5-6,8,10-12,15-16H2,1,3-4H3,(H,26,27)/b9-7-,14-13+. The Hall–Kier alpha value is -1.39. The van der Waals surface area contributed by atoms with Crippen LogP contribution in [0, 0.1) is 17.3 Å². The van der Waals surface area contributed by atoms with Gasteiger partial charge >= 0.3 is 5.97 Å². The van der Waals surface area contributed by atoms with Crippen molar-refractivity contribution in [1.82, 2.24) is 0 Å². The number of hydrogen-bond acceptors (Lipinski definition) is 3. The number of unbranched alkanes of at least 4 members (excludes halogenated alkanes) is 2. The number of aliphatic hydroxyl groups excluding tert-OH is 2. The topological polar surface area (TPSA) is 77.8 Å². The Morgan fingerprint density at radius 1 is 1.33 bits per heavy atom. The van der Waals surface area contributed by atoms with E-state index in [0.717, 1.165) is 37.7 Å². The molecule has 0 saturated heterocycles. The van der Waals surface area contributed by atoms with E-state index in [1.807, 2.05) is 18.2 Å². The summed E-state index contributed by atoms with van der Waals surface area (Å²) < 4.78 is 0. The number of aliphatic hydroxyl groups is 2. The van der Waals surface area contributed by atoms with Gasteiger partial charge in [-0.2, -0.15) is 0 Å². The first kappa shape index (κ1) is 23.6. The summed E-state index contributed by atoms with van der Waals surface area (Å²) in [4.78, 5) is 10.5. The molecule has 3 N–H and O–H groups in total. The van der Waals surface area contributed by atoms with Crippen LogP contribution in [0.15, 0.2) is 36.5 Å². The SMILES string of the molecule is C=C1CC(O)C(/C=C/C(O)C(C)(C)CCCC)C1C/C=C\CCCC(=O)O. The molecule has 4 unspecified atom stereocenters. The van der Waals surface area contributed by atoms with Gasteiger partial charge < -0.3 is 15.3 Å². The van der Waals surface area contributed by atoms with E-state index in [9.17, 15) is 15.0 Å². The van der Waals surface area contributed by atoms with Crippen molar-refractivity contribution in [3.63, 3.8) is 0 Å². The number of hydrogen-bond donors (Lipinski definition) is 3. The number of carboxylic acids is 1. The Labute approximate surface area is 164 Å². The van der Waals surface area contributed by atoms with Crippen molar-refractivity contribution in [2.24, 2.45) is 17.3 Å². The molecule has 154 valence electrons. The van der Waals surface area contributed by atoms with E-state index in [1.54, 1.807) is 0 Å². The van der Waals surface area contributed by atoms with E-state index in [1.165, 1.54) is 0 Å². The van der Waals surface area contributed by atoms with Crippen LogP contribution in [0.25, 0.3) is 0 Å². The van der Waals surface area contributed by atoms with Crippen molar-refractivity contribution >= 4 is 5.97 Å². The summed E-state index contributed by atoms with van der Waals surface area (Å²) >= 11 is 0. The summed E-state index contributed by atoms with van der Waals surface area (Å²) in [6.45, 7) is 10.4. The lowest BCUT2D eigenvalue weighted by Crippen LogP contribution is -2.28. The number of allylic oxidation sites excluding steroid dienone is 2. The molecule has 0 radical (unpaired) electrons. The Kier molecular flexibility index (Phi) is 10.0. The van der Waals surface area contributed by atoms with Crippen LogP contribution in [0.4, 0.5) is 0 Å². The molecule has 0 bridgehead atoms. The van der Waals surface area contributed by atoms with Gasteiger partial charge in [-0.1, -0.05) is 70.1 Å². The van der Waals surface area contributed by atoms with E-state index in [0.29, 0.717) is 12.8 Å². The molecule has 1 rings (SSSR count). The average molecular weight is 379 g/mol. The highest BCUT2D eigenvalue weighted by Crippen LogP contribution is 2.40. The summed E-state index contributed by atoms with van der Waals surface area (Å²) in [5.41, 5.74) is 0.874. The van der Waals surface area contributed by atoms with Crippen molar-refractivity contribution in [2.75, 3.05) is 0 Å². The minimum atomic E-state index is -0.763. The molecule has 4 nitrogen and oxygen atoms in total. The zero-order valence-electron chi connectivity index (χ0n) is 17.2. The van der Waals surface area contributed by atoms with Gasteiger partial charge in [0.1, 0.15) is 0 Å². The average Bonchev–Trinajstić information content (AvgIpc) is 2.86. The van der Waals surface area contributed by atoms with E-state index in [4.69, 9.17) is 5.11 Å². The Bertz CT molecular complexity index is 532. The molecule has 1 aliphatic rings. The predicted octanol–water partition coefficient (Wildman–Crippen LogP) is 4.87. The number of aliphatic carboxylic acids is 1. The minimum absolute atomic E-state index is 0.0298. The third kappa shape index (κ3) is 8.02. The first-order chi connectivity index (χ1) is 12.7. The molecular formula is C23H38O4. The predicted molar refractivity (Wildman–Crippen MR) is 110 cm³/mol. The van der Waals surface area contributed by atoms with E-state index in [-0.39, 0.29) is 23.7 Å². The van der Waals surface area contributed by atoms with Crippen LogP contribution >= 0.6 is 0 Å². The van der Waals surface area contributed by atoms with Crippen molar-refractivity contribution in [3.8, 4) is 0 Å². The molecule has 1 aliphatic carbocycles. The molecule has 0 spiro atoms. The third-order valence-electron chi connectivity index (χ3n) is 5.71. The second-order valence-corrected chi connectivity index (χ2v) is 8.53. The first-order valence-corrected chi connectivity index (χ1v) is 10.3. The summed E-state index contributed by atoms with van der Waals surface area (Å²) in [6, 6.07) is 0. The fraction of sp³-hybridized carbons (Fsp3) is 0.696. The Morgan fingerprint density at radius 2 is 2.04 bits per heavy atom. The monoisotopic (exact) mass is 378 g/mol. The maximum Gasteiger partial charge on any atom is 0.303 e. The molecule has 1 fully saturated rings. The lowest BCUT2D eigenvalue weighted by molar-refractivity contribution is -0.137. The van der Waals surface area contributed by atoms with Crippen LogP contribution in [-0.4, -0.2) is 33.5 Å². The minimum Gasteiger partial charge on any atom is -0.481 e. The van der Waals surface area contributed by atoms with Gasteiger partial charge in [-0.15, -0.1) is 0 Å². The van der Waals surface area contributed by atoms with E-state index < -0.39 is 18.2 Å². The third-order valence-corrected chi connectivity index (χ3v) is 5.71. The fourth-order valence-electron chi connectivity index (χ4n) is 3.69. The molecule has 27 heavy (non-hydrogen) atoms. The molecule has 0 aromatic carbocycles. The Morgan fingerprint density at radius 3 is 2.67 bits per heavy atom. The highest BCUT2D eigenvalue weighted by molar-refractivity contribution is 5.66. The van der Waals surface area contributed by atoms with Gasteiger partial charge in [-0.3, -0.25) is 4.79 Å². The van der Waals surface area contributed by atoms with Gasteiger partial charge in [0.2, 0.25) is 0 Å². The van der Waals surface area contributed by atoms with Crippen molar-refractivity contribution < 1.29 is 20.1 Å². The van der Waals surface area contributed by atoms with Gasteiger partial charge in [-0.25, -0.2) is 0 Å². The first-order valence-electron chi connectivity index (χ1n) is 10.3.